The highest BCUT2D eigenvalue weighted by atomic mass is 35.5. The molecule has 0 bridgehead atoms. The van der Waals surface area contributed by atoms with Gasteiger partial charge in [0.15, 0.2) is 0 Å². The van der Waals surface area contributed by atoms with Crippen molar-refractivity contribution in [3.05, 3.63) is 62.5 Å². The van der Waals surface area contributed by atoms with Gasteiger partial charge in [0.2, 0.25) is 10.0 Å². The Labute approximate surface area is 220 Å². The van der Waals surface area contributed by atoms with E-state index in [0.717, 1.165) is 0 Å². The van der Waals surface area contributed by atoms with Crippen molar-refractivity contribution in [3.63, 3.8) is 0 Å². The van der Waals surface area contributed by atoms with Gasteiger partial charge in [-0.15, -0.1) is 0 Å². The summed E-state index contributed by atoms with van der Waals surface area (Å²) in [4.78, 5) is 28.5. The van der Waals surface area contributed by atoms with E-state index in [1.165, 1.54) is 25.0 Å². The van der Waals surface area contributed by atoms with Crippen LogP contribution in [-0.4, -0.2) is 65.4 Å². The van der Waals surface area contributed by atoms with Crippen LogP contribution in [-0.2, 0) is 23.0 Å². The molecule has 200 valence electrons. The molecule has 0 saturated carbocycles. The van der Waals surface area contributed by atoms with Crippen molar-refractivity contribution >= 4 is 44.4 Å². The molecule has 0 spiro atoms. The summed E-state index contributed by atoms with van der Waals surface area (Å²) in [7, 11) is 4.74. The molecule has 0 aliphatic rings. The minimum absolute atomic E-state index is 0.0858. The Morgan fingerprint density at radius 2 is 1.84 bits per heavy atom. The summed E-state index contributed by atoms with van der Waals surface area (Å²) in [6, 6.07) is 7.96. The minimum Gasteiger partial charge on any atom is -0.496 e. The van der Waals surface area contributed by atoms with E-state index in [4.69, 9.17) is 25.5 Å². The van der Waals surface area contributed by atoms with Gasteiger partial charge in [0.05, 0.1) is 29.0 Å². The van der Waals surface area contributed by atoms with Crippen molar-refractivity contribution in [2.24, 2.45) is 0 Å². The van der Waals surface area contributed by atoms with Gasteiger partial charge in [0.25, 0.3) is 0 Å². The number of fused-ring (bicyclic) bond motifs is 1. The quantitative estimate of drug-likeness (QED) is 0.397. The maximum absolute atomic E-state index is 13.3. The van der Waals surface area contributed by atoms with Crippen LogP contribution >= 0.6 is 11.6 Å². The zero-order chi connectivity index (χ0) is 27.5. The Balaban J connectivity index is 2.19. The van der Waals surface area contributed by atoms with Crippen molar-refractivity contribution in [2.75, 3.05) is 45.8 Å². The number of amides is 1. The lowest BCUT2D eigenvalue weighted by molar-refractivity contribution is 0.172. The molecule has 0 aliphatic carbocycles. The van der Waals surface area contributed by atoms with Crippen LogP contribution < -0.4 is 19.8 Å². The molecule has 0 atom stereocenters. The number of rotatable bonds is 9. The van der Waals surface area contributed by atoms with Gasteiger partial charge in [0.1, 0.15) is 17.1 Å². The Kier molecular flexibility index (Phi) is 8.72. The van der Waals surface area contributed by atoms with Gasteiger partial charge in [0, 0.05) is 44.8 Å². The van der Waals surface area contributed by atoms with Gasteiger partial charge in [-0.2, -0.15) is 0 Å². The highest BCUT2D eigenvalue weighted by Gasteiger charge is 2.22. The fourth-order valence-corrected chi connectivity index (χ4v) is 4.63. The molecule has 1 N–H and O–H groups in total. The SMILES string of the molecule is CCS(=O)(=O)Nc1cccc(Cc2c(CN(C)C)c3c(OC)cc(OC(=O)N(C)C)cc3oc2=O)c1Cl. The van der Waals surface area contributed by atoms with E-state index in [1.54, 1.807) is 38.4 Å². The smallest absolute Gasteiger partial charge is 0.414 e. The first-order valence-electron chi connectivity index (χ1n) is 11.3. The lowest BCUT2D eigenvalue weighted by Gasteiger charge is -2.19. The molecule has 0 fully saturated rings. The van der Waals surface area contributed by atoms with Crippen LogP contribution in [0.5, 0.6) is 11.5 Å². The monoisotopic (exact) mass is 551 g/mol. The minimum atomic E-state index is -3.55. The zero-order valence-electron chi connectivity index (χ0n) is 21.5. The zero-order valence-corrected chi connectivity index (χ0v) is 23.1. The van der Waals surface area contributed by atoms with E-state index in [1.807, 2.05) is 19.0 Å². The van der Waals surface area contributed by atoms with E-state index in [2.05, 4.69) is 4.72 Å². The third kappa shape index (κ3) is 6.54. The summed E-state index contributed by atoms with van der Waals surface area (Å²) < 4.78 is 43.2. The number of ether oxygens (including phenoxy) is 2. The van der Waals surface area contributed by atoms with E-state index in [-0.39, 0.29) is 34.2 Å². The fraction of sp³-hybridized carbons (Fsp3) is 0.360. The highest BCUT2D eigenvalue weighted by molar-refractivity contribution is 7.92. The lowest BCUT2D eigenvalue weighted by atomic mass is 9.97. The molecular formula is C25H30ClN3O7S. The fourth-order valence-electron chi connectivity index (χ4n) is 3.69. The Morgan fingerprint density at radius 1 is 1.14 bits per heavy atom. The first-order chi connectivity index (χ1) is 17.4. The average molecular weight is 552 g/mol. The van der Waals surface area contributed by atoms with Crippen molar-refractivity contribution in [2.45, 2.75) is 19.9 Å². The number of carbonyl (C=O) groups excluding carboxylic acids is 1. The predicted molar refractivity (Wildman–Crippen MR) is 143 cm³/mol. The molecule has 0 aliphatic heterocycles. The van der Waals surface area contributed by atoms with Gasteiger partial charge in [-0.3, -0.25) is 4.72 Å². The van der Waals surface area contributed by atoms with Gasteiger partial charge in [-0.1, -0.05) is 23.7 Å². The van der Waals surface area contributed by atoms with Gasteiger partial charge in [-0.25, -0.2) is 18.0 Å². The summed E-state index contributed by atoms with van der Waals surface area (Å²) in [5.41, 5.74) is 1.36. The van der Waals surface area contributed by atoms with Crippen molar-refractivity contribution in [1.82, 2.24) is 9.80 Å². The molecule has 1 aromatic heterocycles. The highest BCUT2D eigenvalue weighted by Crippen LogP contribution is 2.36. The Morgan fingerprint density at radius 3 is 2.43 bits per heavy atom. The van der Waals surface area contributed by atoms with Crippen LogP contribution in [0.2, 0.25) is 5.02 Å². The van der Waals surface area contributed by atoms with Gasteiger partial charge in [-0.05, 0) is 38.2 Å². The van der Waals surface area contributed by atoms with Gasteiger partial charge < -0.3 is 23.7 Å². The number of hydrogen-bond acceptors (Lipinski definition) is 8. The molecule has 0 radical (unpaired) electrons. The molecule has 37 heavy (non-hydrogen) atoms. The van der Waals surface area contributed by atoms with Crippen LogP contribution in [0.4, 0.5) is 10.5 Å². The van der Waals surface area contributed by atoms with Crippen molar-refractivity contribution in [3.8, 4) is 11.5 Å². The third-order valence-corrected chi connectivity index (χ3v) is 7.25. The number of methoxy groups -OCH3 is 1. The standard InChI is InChI=1S/C25H30ClN3O7S/c1-7-37(32,33)27-19-10-8-9-15(23(19)26)11-17-18(14-28(2)3)22-20(34-6)12-16(35-25(31)29(4)5)13-21(22)36-24(17)30/h8-10,12-13,27H,7,11,14H2,1-6H3. The molecule has 3 rings (SSSR count). The normalized spacial score (nSPS) is 11.6. The second-order valence-electron chi connectivity index (χ2n) is 8.81. The summed E-state index contributed by atoms with van der Waals surface area (Å²) >= 11 is 6.56. The molecule has 2 aromatic carbocycles. The summed E-state index contributed by atoms with van der Waals surface area (Å²) in [5.74, 6) is 0.408. The number of hydrogen-bond donors (Lipinski definition) is 1. The lowest BCUT2D eigenvalue weighted by Crippen LogP contribution is -2.25. The van der Waals surface area contributed by atoms with Gasteiger partial charge >= 0.3 is 11.7 Å². The molecule has 3 aromatic rings. The molecule has 10 nitrogen and oxygen atoms in total. The van der Waals surface area contributed by atoms with Crippen molar-refractivity contribution in [1.29, 1.82) is 0 Å². The summed E-state index contributed by atoms with van der Waals surface area (Å²) in [5, 5.41) is 0.738. The summed E-state index contributed by atoms with van der Waals surface area (Å²) in [6.45, 7) is 1.89. The molecule has 1 heterocycles. The number of nitrogens with zero attached hydrogens (tertiary/aromatic N) is 2. The van der Waals surface area contributed by atoms with Crippen molar-refractivity contribution < 1.29 is 27.1 Å². The first kappa shape index (κ1) is 28.3. The summed E-state index contributed by atoms with van der Waals surface area (Å²) in [6.07, 6.45) is -0.509. The molecule has 12 heteroatoms. The topological polar surface area (TPSA) is 118 Å². The van der Waals surface area contributed by atoms with Crippen LogP contribution in [0.1, 0.15) is 23.6 Å². The second kappa shape index (κ2) is 11.4. The van der Waals surface area contributed by atoms with E-state index in [9.17, 15) is 18.0 Å². The van der Waals surface area contributed by atoms with E-state index in [0.29, 0.717) is 34.4 Å². The molecule has 1 amide bonds. The number of nitrogens with one attached hydrogen (secondary N) is 1. The third-order valence-electron chi connectivity index (χ3n) is 5.51. The average Bonchev–Trinajstić information content (AvgIpc) is 2.82. The van der Waals surface area contributed by atoms with E-state index < -0.39 is 21.7 Å². The number of sulfonamides is 1. The van der Waals surface area contributed by atoms with Crippen LogP contribution in [0.3, 0.4) is 0 Å². The number of carbonyl (C=O) groups is 1. The Hall–Kier alpha value is -3.28. The first-order valence-corrected chi connectivity index (χ1v) is 13.4. The largest absolute Gasteiger partial charge is 0.496 e. The van der Waals surface area contributed by atoms with Crippen LogP contribution in [0.25, 0.3) is 11.0 Å². The molecule has 0 unspecified atom stereocenters. The maximum Gasteiger partial charge on any atom is 0.414 e. The molecule has 0 saturated heterocycles. The maximum atomic E-state index is 13.3. The van der Waals surface area contributed by atoms with Crippen LogP contribution in [0, 0.1) is 0 Å². The Bertz CT molecular complexity index is 1480. The molecular weight excluding hydrogens is 522 g/mol. The number of anilines is 1. The van der Waals surface area contributed by atoms with E-state index >= 15 is 0 Å². The second-order valence-corrected chi connectivity index (χ2v) is 11.2. The number of benzene rings is 2. The predicted octanol–water partition coefficient (Wildman–Crippen LogP) is 3.93. The number of halogens is 1. The van der Waals surface area contributed by atoms with Crippen LogP contribution in [0.15, 0.2) is 39.5 Å².